The molecule has 1 atom stereocenters. The van der Waals surface area contributed by atoms with Gasteiger partial charge in [0.2, 0.25) is 5.91 Å². The molecule has 0 aliphatic heterocycles. The molecule has 0 fully saturated rings. The minimum absolute atomic E-state index is 0.148. The lowest BCUT2D eigenvalue weighted by molar-refractivity contribution is -0.116. The Morgan fingerprint density at radius 3 is 2.57 bits per heavy atom. The van der Waals surface area contributed by atoms with Gasteiger partial charge in [-0.2, -0.15) is 0 Å². The lowest BCUT2D eigenvalue weighted by Crippen LogP contribution is -2.14. The number of likely N-dealkylation sites (N-methyl/N-ethyl adjacent to an activating group) is 1. The molecule has 0 rings (SSSR count). The molecule has 0 aliphatic rings. The molecule has 0 heterocycles. The van der Waals surface area contributed by atoms with E-state index in [-0.39, 0.29) is 11.8 Å². The summed E-state index contributed by atoms with van der Waals surface area (Å²) in [5, 5.41) is 5.39. The molecular formula is C10H17N3O. The minimum Gasteiger partial charge on any atom is -0.391 e. The summed E-state index contributed by atoms with van der Waals surface area (Å²) >= 11 is 0. The molecule has 0 bridgehead atoms. The number of rotatable bonds is 5. The number of amides is 1. The Labute approximate surface area is 84.8 Å². The molecule has 78 valence electrons. The second-order valence-corrected chi connectivity index (χ2v) is 2.79. The quantitative estimate of drug-likeness (QED) is 0.501. The normalized spacial score (nSPS) is 13.1. The lowest BCUT2D eigenvalue weighted by Gasteiger charge is -2.07. The summed E-state index contributed by atoms with van der Waals surface area (Å²) in [7, 11) is 3.38. The predicted molar refractivity (Wildman–Crippen MR) is 59.1 cm³/mol. The van der Waals surface area contributed by atoms with Crippen LogP contribution in [0, 0.1) is 5.92 Å². The average molecular weight is 195 g/mol. The predicted octanol–water partition coefficient (Wildman–Crippen LogP) is 0.686. The van der Waals surface area contributed by atoms with Crippen LogP contribution >= 0.6 is 0 Å². The maximum atomic E-state index is 10.7. The second-order valence-electron chi connectivity index (χ2n) is 2.79. The van der Waals surface area contributed by atoms with Crippen LogP contribution in [0.1, 0.15) is 6.92 Å². The van der Waals surface area contributed by atoms with E-state index in [1.54, 1.807) is 13.3 Å². The van der Waals surface area contributed by atoms with E-state index in [9.17, 15) is 4.79 Å². The zero-order valence-electron chi connectivity index (χ0n) is 8.87. The van der Waals surface area contributed by atoms with E-state index in [2.05, 4.69) is 22.2 Å². The zero-order valence-corrected chi connectivity index (χ0v) is 8.87. The number of carbonyl (C=O) groups excluding carboxylic acids is 1. The summed E-state index contributed by atoms with van der Waals surface area (Å²) in [4.78, 5) is 14.7. The van der Waals surface area contributed by atoms with Crippen molar-refractivity contribution in [3.63, 3.8) is 0 Å². The van der Waals surface area contributed by atoms with Crippen LogP contribution in [0.15, 0.2) is 29.5 Å². The van der Waals surface area contributed by atoms with Crippen LogP contribution in [0.4, 0.5) is 0 Å². The third-order valence-corrected chi connectivity index (χ3v) is 1.74. The highest BCUT2D eigenvalue weighted by atomic mass is 16.1. The van der Waals surface area contributed by atoms with Crippen molar-refractivity contribution in [2.75, 3.05) is 14.1 Å². The molecule has 0 aromatic heterocycles. The molecule has 0 aromatic rings. The van der Waals surface area contributed by atoms with Gasteiger partial charge in [0, 0.05) is 44.2 Å². The first-order valence-electron chi connectivity index (χ1n) is 4.40. The first-order valence-corrected chi connectivity index (χ1v) is 4.40. The van der Waals surface area contributed by atoms with E-state index in [0.29, 0.717) is 0 Å². The van der Waals surface area contributed by atoms with Crippen molar-refractivity contribution >= 4 is 12.1 Å². The molecular weight excluding hydrogens is 178 g/mol. The maximum Gasteiger partial charge on any atom is 0.245 e. The van der Waals surface area contributed by atoms with Gasteiger partial charge in [0.25, 0.3) is 0 Å². The highest BCUT2D eigenvalue weighted by Crippen LogP contribution is 1.99. The van der Waals surface area contributed by atoms with E-state index in [1.165, 1.54) is 12.3 Å². The molecule has 4 nitrogen and oxygen atoms in total. The molecule has 14 heavy (non-hydrogen) atoms. The molecule has 2 N–H and O–H groups in total. The summed E-state index contributed by atoms with van der Waals surface area (Å²) in [6, 6.07) is 0. The monoisotopic (exact) mass is 195 g/mol. The van der Waals surface area contributed by atoms with E-state index < -0.39 is 0 Å². The van der Waals surface area contributed by atoms with Crippen molar-refractivity contribution < 1.29 is 4.79 Å². The number of hydrogen-bond donors (Lipinski definition) is 2. The number of nitrogens with zero attached hydrogens (tertiary/aromatic N) is 1. The molecule has 1 amide bonds. The smallest absolute Gasteiger partial charge is 0.245 e. The number of aliphatic imine (C=N–C) groups is 1. The van der Waals surface area contributed by atoms with Crippen molar-refractivity contribution in [1.29, 1.82) is 0 Å². The SMILES string of the molecule is C=C(NC)[C@H](C)/C=N\C=C\C(=O)NC. The van der Waals surface area contributed by atoms with Gasteiger partial charge in [-0.25, -0.2) is 0 Å². The molecule has 0 radical (unpaired) electrons. The Kier molecular flexibility index (Phi) is 6.11. The molecule has 0 aromatic carbocycles. The summed E-state index contributed by atoms with van der Waals surface area (Å²) in [6.07, 6.45) is 4.54. The third kappa shape index (κ3) is 5.13. The van der Waals surface area contributed by atoms with Crippen molar-refractivity contribution in [3.8, 4) is 0 Å². The number of hydrogen-bond acceptors (Lipinski definition) is 3. The number of carbonyl (C=O) groups is 1. The molecule has 0 aliphatic carbocycles. The van der Waals surface area contributed by atoms with E-state index in [1.807, 2.05) is 14.0 Å². The van der Waals surface area contributed by atoms with Crippen LogP contribution in [0.25, 0.3) is 0 Å². The molecule has 0 saturated heterocycles. The molecule has 0 unspecified atom stereocenters. The van der Waals surface area contributed by atoms with Crippen LogP contribution in [0.2, 0.25) is 0 Å². The van der Waals surface area contributed by atoms with Gasteiger partial charge in [-0.1, -0.05) is 13.5 Å². The summed E-state index contributed by atoms with van der Waals surface area (Å²) < 4.78 is 0. The van der Waals surface area contributed by atoms with Gasteiger partial charge in [-0.15, -0.1) is 0 Å². The van der Waals surface area contributed by atoms with Crippen LogP contribution in [-0.2, 0) is 4.79 Å². The molecule has 0 spiro atoms. The van der Waals surface area contributed by atoms with Crippen LogP contribution in [-0.4, -0.2) is 26.2 Å². The zero-order chi connectivity index (χ0) is 11.0. The lowest BCUT2D eigenvalue weighted by atomic mass is 10.1. The standard InChI is InChI=1S/C10H17N3O/c1-8(9(2)11-3)7-13-6-5-10(14)12-4/h5-8,11H,2H2,1,3-4H3,(H,12,14)/b6-5+,13-7-/t8-/m1/s1. The van der Waals surface area contributed by atoms with Gasteiger partial charge in [0.1, 0.15) is 0 Å². The Bertz CT molecular complexity index is 256. The van der Waals surface area contributed by atoms with Crippen molar-refractivity contribution in [2.24, 2.45) is 10.9 Å². The van der Waals surface area contributed by atoms with Gasteiger partial charge < -0.3 is 10.6 Å². The molecule has 0 saturated carbocycles. The number of allylic oxidation sites excluding steroid dienone is 1. The van der Waals surface area contributed by atoms with E-state index in [4.69, 9.17) is 0 Å². The Balaban J connectivity index is 4.00. The highest BCUT2D eigenvalue weighted by Gasteiger charge is 1.98. The van der Waals surface area contributed by atoms with Crippen molar-refractivity contribution in [2.45, 2.75) is 6.92 Å². The van der Waals surface area contributed by atoms with Crippen LogP contribution in [0.5, 0.6) is 0 Å². The van der Waals surface area contributed by atoms with Crippen LogP contribution in [0.3, 0.4) is 0 Å². The topological polar surface area (TPSA) is 53.5 Å². The van der Waals surface area contributed by atoms with Gasteiger partial charge in [0.15, 0.2) is 0 Å². The summed E-state index contributed by atoms with van der Waals surface area (Å²) in [5.74, 6) is -0.0171. The van der Waals surface area contributed by atoms with E-state index >= 15 is 0 Å². The summed E-state index contributed by atoms with van der Waals surface area (Å²) in [5.41, 5.74) is 0.891. The van der Waals surface area contributed by atoms with Crippen molar-refractivity contribution in [3.05, 3.63) is 24.6 Å². The van der Waals surface area contributed by atoms with Gasteiger partial charge in [-0.3, -0.25) is 9.79 Å². The van der Waals surface area contributed by atoms with Gasteiger partial charge >= 0.3 is 0 Å². The van der Waals surface area contributed by atoms with Crippen molar-refractivity contribution in [1.82, 2.24) is 10.6 Å². The fourth-order valence-corrected chi connectivity index (χ4v) is 0.690. The second kappa shape index (κ2) is 6.88. The Morgan fingerprint density at radius 1 is 1.43 bits per heavy atom. The van der Waals surface area contributed by atoms with Crippen LogP contribution < -0.4 is 10.6 Å². The first kappa shape index (κ1) is 12.4. The molecule has 4 heteroatoms. The third-order valence-electron chi connectivity index (χ3n) is 1.74. The van der Waals surface area contributed by atoms with Gasteiger partial charge in [-0.05, 0) is 0 Å². The number of nitrogens with one attached hydrogen (secondary N) is 2. The Morgan fingerprint density at radius 2 is 2.07 bits per heavy atom. The largest absolute Gasteiger partial charge is 0.391 e. The highest BCUT2D eigenvalue weighted by molar-refractivity contribution is 5.87. The maximum absolute atomic E-state index is 10.7. The summed E-state index contributed by atoms with van der Waals surface area (Å²) in [6.45, 7) is 5.77. The Hall–Kier alpha value is -1.58. The van der Waals surface area contributed by atoms with Gasteiger partial charge in [0.05, 0.1) is 0 Å². The average Bonchev–Trinajstić information content (AvgIpc) is 2.22. The fourth-order valence-electron chi connectivity index (χ4n) is 0.690. The minimum atomic E-state index is -0.165. The first-order chi connectivity index (χ1) is 6.61. The van der Waals surface area contributed by atoms with E-state index in [0.717, 1.165) is 5.70 Å². The fraction of sp³-hybridized carbons (Fsp3) is 0.400.